The van der Waals surface area contributed by atoms with E-state index in [0.717, 1.165) is 19.3 Å². The number of nitrogens with two attached hydrogens (primary N) is 1. The number of hydrogen-bond acceptors (Lipinski definition) is 16. The van der Waals surface area contributed by atoms with Gasteiger partial charge in [-0.1, -0.05) is 168 Å². The summed E-state index contributed by atoms with van der Waals surface area (Å²) in [5, 5.41) is 25.3. The number of ether oxygens (including phenoxy) is 5. The molecule has 2 aliphatic rings. The Kier molecular flexibility index (Phi) is 26.5. The van der Waals surface area contributed by atoms with Crippen molar-refractivity contribution in [2.24, 2.45) is 0 Å². The van der Waals surface area contributed by atoms with Gasteiger partial charge in [0.05, 0.1) is 52.8 Å². The third-order valence-corrected chi connectivity index (χ3v) is 16.4. The number of nitrogen functional groups attached to an aromatic ring is 1. The van der Waals surface area contributed by atoms with Crippen molar-refractivity contribution >= 4 is 82.5 Å². The maximum atomic E-state index is 14.8. The van der Waals surface area contributed by atoms with Crippen LogP contribution in [-0.4, -0.2) is 71.2 Å². The number of hydrogen-bond donors (Lipinski definition) is 1. The molecule has 2 aromatic heterocycles. The lowest BCUT2D eigenvalue weighted by Gasteiger charge is -2.29. The molecule has 3 aromatic carbocycles. The van der Waals surface area contributed by atoms with Gasteiger partial charge in [-0.25, -0.2) is 18.6 Å². The molecule has 24 heteroatoms. The normalized spacial score (nSPS) is 19.6. The zero-order chi connectivity index (χ0) is 57.6. The first-order valence-corrected chi connectivity index (χ1v) is 33.1. The highest BCUT2D eigenvalue weighted by Crippen LogP contribution is 2.58. The fraction of sp³-hybridized carbons (Fsp3) is 0.536. The maximum Gasteiger partial charge on any atom is 0.530 e. The summed E-state index contributed by atoms with van der Waals surface area (Å²) in [5.41, 5.74) is 6.23. The highest BCUT2D eigenvalue weighted by molar-refractivity contribution is 8.05. The summed E-state index contributed by atoms with van der Waals surface area (Å²) in [7, 11) is -4.57. The molecule has 0 radical (unpaired) electrons. The average Bonchev–Trinajstić information content (AvgIpc) is 4.15. The number of phosphoric ester groups is 1. The number of halogens is 5. The van der Waals surface area contributed by atoms with Gasteiger partial charge in [0.25, 0.3) is 0 Å². The second kappa shape index (κ2) is 32.4. The van der Waals surface area contributed by atoms with Gasteiger partial charge in [-0.2, -0.15) is 15.6 Å². The molecule has 17 nitrogen and oxygen atoms in total. The number of phosphoric acid groups is 1. The molecule has 2 N–H and O–H groups in total. The van der Waals surface area contributed by atoms with Crippen LogP contribution in [0.1, 0.15) is 140 Å². The van der Waals surface area contributed by atoms with Crippen molar-refractivity contribution in [1.29, 1.82) is 10.5 Å². The standard InChI is InChI=1S/C50H67Cl2N6O9P.C6H4Cl3O2P/c1-4-5-6-7-8-9-10-11-12-13-14-15-16-17-18-21-28-60-32-39(61-31-37-24-25-38(30-53)41(52)29-37)33-62-68(59,67-43-23-20-19-22-40(43)51)63-34-44-46-47(66-49(2,3)65-46)50(35-54,64-44)45-27-26-42-48(55)56-36-57-58(42)45;7-5-3-1-2-4-6(5)11-12(8,9)10/h19-20,22-27,29,36,39,44,46-47H,4-18,21,28,31-34H2,1-3H3,(H2,55,56,57);1-4H/t39-,44-,46-,47-,50+,68?;/m1./s1. The average molecular weight is 1240 g/mol. The Balaban J connectivity index is 0.000000760. The van der Waals surface area contributed by atoms with Gasteiger partial charge in [0, 0.05) is 29.1 Å². The predicted octanol–water partition coefficient (Wildman–Crippen LogP) is 16.5. The van der Waals surface area contributed by atoms with Crippen molar-refractivity contribution in [2.75, 3.05) is 32.2 Å². The fourth-order valence-corrected chi connectivity index (χ4v) is 12.0. The van der Waals surface area contributed by atoms with E-state index < -0.39 is 56.3 Å². The molecule has 4 heterocycles. The Hall–Kier alpha value is -3.71. The van der Waals surface area contributed by atoms with E-state index in [4.69, 9.17) is 100 Å². The zero-order valence-electron chi connectivity index (χ0n) is 45.3. The first-order valence-electron chi connectivity index (χ1n) is 27.1. The molecule has 5 aromatic rings. The molecular weight excluding hydrogens is 1170 g/mol. The summed E-state index contributed by atoms with van der Waals surface area (Å²) < 4.78 is 81.4. The summed E-state index contributed by atoms with van der Waals surface area (Å²) >= 11 is 28.8. The van der Waals surface area contributed by atoms with Gasteiger partial charge in [0.15, 0.2) is 11.6 Å². The molecule has 0 spiro atoms. The second-order valence-electron chi connectivity index (χ2n) is 19.9. The number of fused-ring (bicyclic) bond motifs is 2. The molecule has 2 saturated heterocycles. The third-order valence-electron chi connectivity index (χ3n) is 13.3. The Morgan fingerprint density at radius 1 is 0.738 bits per heavy atom. The van der Waals surface area contributed by atoms with Gasteiger partial charge in [-0.3, -0.25) is 9.05 Å². The quantitative estimate of drug-likeness (QED) is 0.0305. The molecule has 2 aliphatic heterocycles. The van der Waals surface area contributed by atoms with Gasteiger partial charge in [-0.05, 0) is 74.4 Å². The lowest BCUT2D eigenvalue weighted by Crippen LogP contribution is -2.40. The fourth-order valence-electron chi connectivity index (χ4n) is 9.23. The molecule has 0 saturated carbocycles. The molecule has 0 amide bonds. The summed E-state index contributed by atoms with van der Waals surface area (Å²) in [5.74, 6) is -0.643. The van der Waals surface area contributed by atoms with Crippen LogP contribution in [0.15, 0.2) is 85.2 Å². The number of rotatable bonds is 33. The minimum absolute atomic E-state index is 0.0528. The van der Waals surface area contributed by atoms with Crippen molar-refractivity contribution in [1.82, 2.24) is 14.6 Å². The van der Waals surface area contributed by atoms with Gasteiger partial charge in [0.2, 0.25) is 5.60 Å². The Bertz CT molecular complexity index is 2930. The molecule has 1 unspecified atom stereocenters. The maximum absolute atomic E-state index is 14.8. The minimum atomic E-state index is -4.57. The van der Waals surface area contributed by atoms with E-state index in [9.17, 15) is 19.7 Å². The van der Waals surface area contributed by atoms with Crippen LogP contribution < -0.4 is 14.8 Å². The van der Waals surface area contributed by atoms with Gasteiger partial charge in [0.1, 0.15) is 59.9 Å². The summed E-state index contributed by atoms with van der Waals surface area (Å²) in [6.07, 6.45) is 14.5. The van der Waals surface area contributed by atoms with E-state index in [1.807, 2.05) is 0 Å². The summed E-state index contributed by atoms with van der Waals surface area (Å²) in [4.78, 5) is 4.06. The van der Waals surface area contributed by atoms with Crippen LogP contribution in [0.2, 0.25) is 15.1 Å². The van der Waals surface area contributed by atoms with Crippen molar-refractivity contribution in [3.63, 3.8) is 0 Å². The Morgan fingerprint density at radius 3 is 1.91 bits per heavy atom. The highest BCUT2D eigenvalue weighted by Gasteiger charge is 2.65. The van der Waals surface area contributed by atoms with Gasteiger partial charge < -0.3 is 38.5 Å². The first-order chi connectivity index (χ1) is 38.4. The van der Waals surface area contributed by atoms with E-state index in [1.54, 1.807) is 80.6 Å². The topological polar surface area (TPSA) is 221 Å². The lowest BCUT2D eigenvalue weighted by molar-refractivity contribution is -0.204. The van der Waals surface area contributed by atoms with E-state index in [0.29, 0.717) is 39.0 Å². The zero-order valence-corrected chi connectivity index (χ0v) is 50.9. The van der Waals surface area contributed by atoms with Crippen molar-refractivity contribution in [2.45, 2.75) is 166 Å². The molecule has 6 atom stereocenters. The van der Waals surface area contributed by atoms with Crippen LogP contribution in [0.25, 0.3) is 5.52 Å². The van der Waals surface area contributed by atoms with E-state index in [1.165, 1.54) is 106 Å². The minimum Gasteiger partial charge on any atom is -0.421 e. The van der Waals surface area contributed by atoms with E-state index in [-0.39, 0.29) is 42.2 Å². The largest absolute Gasteiger partial charge is 0.530 e. The van der Waals surface area contributed by atoms with Crippen LogP contribution in [0.5, 0.6) is 11.5 Å². The van der Waals surface area contributed by atoms with E-state index >= 15 is 0 Å². The van der Waals surface area contributed by atoms with Crippen LogP contribution in [0.4, 0.5) is 5.82 Å². The second-order valence-corrected chi connectivity index (χ2v) is 26.9. The molecule has 436 valence electrons. The first kappa shape index (κ1) is 65.4. The predicted molar refractivity (Wildman–Crippen MR) is 311 cm³/mol. The number of nitriles is 2. The van der Waals surface area contributed by atoms with Gasteiger partial charge >= 0.3 is 13.9 Å². The molecule has 0 bridgehead atoms. The number of nitrogens with zero attached hydrogens (tertiary/aromatic N) is 5. The Morgan fingerprint density at radius 2 is 1.34 bits per heavy atom. The highest BCUT2D eigenvalue weighted by atomic mass is 35.9. The molecular formula is C56H71Cl5N6O11P2. The summed E-state index contributed by atoms with van der Waals surface area (Å²) in [6.45, 7) is 5.71. The van der Waals surface area contributed by atoms with Gasteiger partial charge in [-0.15, -0.1) is 0 Å². The monoisotopic (exact) mass is 1240 g/mol. The molecule has 0 aliphatic carbocycles. The molecule has 2 fully saturated rings. The number of para-hydroxylation sites is 2. The van der Waals surface area contributed by atoms with Crippen LogP contribution in [-0.2, 0) is 54.1 Å². The molecule has 7 rings (SSSR count). The number of unbranched alkanes of at least 4 members (excludes halogenated alkanes) is 15. The number of aromatic nitrogens is 3. The van der Waals surface area contributed by atoms with Crippen LogP contribution in [0.3, 0.4) is 0 Å². The summed E-state index contributed by atoms with van der Waals surface area (Å²) in [6, 6.07) is 25.7. The third kappa shape index (κ3) is 20.0. The molecule has 80 heavy (non-hydrogen) atoms. The Labute approximate surface area is 494 Å². The lowest BCUT2D eigenvalue weighted by atomic mass is 9.92. The van der Waals surface area contributed by atoms with Crippen molar-refractivity contribution < 1.29 is 50.9 Å². The number of benzene rings is 3. The smallest absolute Gasteiger partial charge is 0.421 e. The van der Waals surface area contributed by atoms with Crippen molar-refractivity contribution in [3.8, 4) is 23.6 Å². The van der Waals surface area contributed by atoms with Crippen molar-refractivity contribution in [3.05, 3.63) is 117 Å². The van der Waals surface area contributed by atoms with Crippen LogP contribution >= 0.6 is 71.2 Å². The van der Waals surface area contributed by atoms with E-state index in [2.05, 4.69) is 33.7 Å². The number of anilines is 1. The van der Waals surface area contributed by atoms with Crippen LogP contribution in [0, 0.1) is 22.7 Å². The SMILES string of the molecule is CCCCCCCCCCCCCCCCCCOC[C@H](COP(=O)(OC[C@H]1O[C@@](C#N)(c2ccc3c(N)ncnn23)[C@@H]2OC(C)(C)O[C@@H]21)Oc1ccccc1Cl)OCc1ccc(C#N)c(Cl)c1.O=P(Cl)(Cl)Oc1ccccc1Cl.